The summed E-state index contributed by atoms with van der Waals surface area (Å²) in [6.45, 7) is 6.65. The Labute approximate surface area is 113 Å². The quantitative estimate of drug-likeness (QED) is 0.772. The van der Waals surface area contributed by atoms with Gasteiger partial charge in [-0.2, -0.15) is 5.10 Å². The van der Waals surface area contributed by atoms with Crippen LogP contribution in [0.4, 0.5) is 0 Å². The van der Waals surface area contributed by atoms with Crippen molar-refractivity contribution in [2.45, 2.75) is 26.8 Å². The summed E-state index contributed by atoms with van der Waals surface area (Å²) in [6, 6.07) is 7.64. The minimum Gasteiger partial charge on any atom is -0.494 e. The number of aldehydes is 1. The Morgan fingerprint density at radius 1 is 1.37 bits per heavy atom. The fraction of sp³-hybridized carbons (Fsp3) is 0.333. The smallest absolute Gasteiger partial charge is 0.150 e. The number of aromatic nitrogens is 2. The van der Waals surface area contributed by atoms with Crippen LogP contribution in [0.1, 0.15) is 37.2 Å². The van der Waals surface area contributed by atoms with E-state index in [0.29, 0.717) is 12.2 Å². The molecule has 0 saturated heterocycles. The van der Waals surface area contributed by atoms with Crippen molar-refractivity contribution >= 4 is 6.29 Å². The monoisotopic (exact) mass is 258 g/mol. The van der Waals surface area contributed by atoms with Crippen LogP contribution in [-0.2, 0) is 0 Å². The maximum Gasteiger partial charge on any atom is 0.150 e. The first-order valence-corrected chi connectivity index (χ1v) is 6.43. The summed E-state index contributed by atoms with van der Waals surface area (Å²) in [5.41, 5.74) is 2.43. The van der Waals surface area contributed by atoms with E-state index in [4.69, 9.17) is 4.74 Å². The highest BCUT2D eigenvalue weighted by Crippen LogP contribution is 2.28. The van der Waals surface area contributed by atoms with Crippen molar-refractivity contribution in [1.82, 2.24) is 9.78 Å². The van der Waals surface area contributed by atoms with Gasteiger partial charge in [0.25, 0.3) is 0 Å². The van der Waals surface area contributed by atoms with Crippen LogP contribution in [0, 0.1) is 0 Å². The van der Waals surface area contributed by atoms with Gasteiger partial charge in [0.05, 0.1) is 12.3 Å². The molecule has 0 fully saturated rings. The van der Waals surface area contributed by atoms with Gasteiger partial charge < -0.3 is 4.74 Å². The molecule has 100 valence electrons. The first kappa shape index (κ1) is 13.3. The van der Waals surface area contributed by atoms with Gasteiger partial charge >= 0.3 is 0 Å². The first-order valence-electron chi connectivity index (χ1n) is 6.43. The van der Waals surface area contributed by atoms with Crippen LogP contribution < -0.4 is 4.74 Å². The average Bonchev–Trinajstić information content (AvgIpc) is 2.88. The van der Waals surface area contributed by atoms with Crippen LogP contribution >= 0.6 is 0 Å². The highest BCUT2D eigenvalue weighted by molar-refractivity contribution is 5.87. The lowest BCUT2D eigenvalue weighted by Crippen LogP contribution is -2.05. The van der Waals surface area contributed by atoms with Crippen molar-refractivity contribution in [3.63, 3.8) is 0 Å². The Morgan fingerprint density at radius 3 is 2.79 bits per heavy atom. The van der Waals surface area contributed by atoms with Gasteiger partial charge in [0.1, 0.15) is 5.75 Å². The Hall–Kier alpha value is -2.10. The molecule has 4 heteroatoms. The molecule has 1 aromatic heterocycles. The molecule has 2 aromatic rings. The number of ether oxygens (including phenoxy) is 1. The maximum absolute atomic E-state index is 11.2. The number of carbonyl (C=O) groups excluding carboxylic acids is 1. The van der Waals surface area contributed by atoms with E-state index in [1.165, 1.54) is 0 Å². The highest BCUT2D eigenvalue weighted by atomic mass is 16.5. The van der Waals surface area contributed by atoms with Crippen molar-refractivity contribution < 1.29 is 9.53 Å². The number of carbonyl (C=O) groups is 1. The van der Waals surface area contributed by atoms with E-state index in [1.54, 1.807) is 12.3 Å². The molecule has 0 saturated carbocycles. The molecule has 0 atom stereocenters. The summed E-state index contributed by atoms with van der Waals surface area (Å²) in [6.07, 6.45) is 2.61. The number of rotatable bonds is 5. The van der Waals surface area contributed by atoms with Crippen LogP contribution in [0.25, 0.3) is 11.3 Å². The molecule has 4 nitrogen and oxygen atoms in total. The van der Waals surface area contributed by atoms with Gasteiger partial charge in [-0.25, -0.2) is 0 Å². The number of nitrogens with zero attached hydrogens (tertiary/aromatic N) is 2. The average molecular weight is 258 g/mol. The summed E-state index contributed by atoms with van der Waals surface area (Å²) in [5, 5.41) is 4.30. The lowest BCUT2D eigenvalue weighted by molar-refractivity contribution is 0.112. The Balaban J connectivity index is 2.55. The van der Waals surface area contributed by atoms with E-state index in [0.717, 1.165) is 23.3 Å². The third kappa shape index (κ3) is 2.67. The number of benzene rings is 1. The van der Waals surface area contributed by atoms with Crippen LogP contribution in [0.5, 0.6) is 5.75 Å². The van der Waals surface area contributed by atoms with Crippen LogP contribution in [0.3, 0.4) is 0 Å². The summed E-state index contributed by atoms with van der Waals surface area (Å²) in [7, 11) is 0. The van der Waals surface area contributed by atoms with Crippen molar-refractivity contribution in [3.8, 4) is 17.0 Å². The minimum absolute atomic E-state index is 0.236. The maximum atomic E-state index is 11.2. The fourth-order valence-electron chi connectivity index (χ4n) is 2.06. The van der Waals surface area contributed by atoms with Crippen LogP contribution in [0.2, 0.25) is 0 Å². The van der Waals surface area contributed by atoms with Gasteiger partial charge in [0.15, 0.2) is 6.29 Å². The predicted molar refractivity (Wildman–Crippen MR) is 74.6 cm³/mol. The van der Waals surface area contributed by atoms with Gasteiger partial charge in [-0.3, -0.25) is 9.48 Å². The van der Waals surface area contributed by atoms with Gasteiger partial charge in [0, 0.05) is 23.4 Å². The molecule has 0 bridgehead atoms. The lowest BCUT2D eigenvalue weighted by atomic mass is 10.0. The third-order valence-electron chi connectivity index (χ3n) is 2.90. The van der Waals surface area contributed by atoms with Crippen molar-refractivity contribution in [1.29, 1.82) is 0 Å². The molecular formula is C15H18N2O2. The van der Waals surface area contributed by atoms with Gasteiger partial charge in [-0.1, -0.05) is 0 Å². The highest BCUT2D eigenvalue weighted by Gasteiger charge is 2.13. The molecule has 0 N–H and O–H groups in total. The molecular weight excluding hydrogens is 240 g/mol. The standard InChI is InChI=1S/C15H18N2O2/c1-4-19-13-6-5-12(10-18)14(9-13)15-7-8-16-17(15)11(2)3/h5-11H,4H2,1-3H3. The van der Waals surface area contributed by atoms with Gasteiger partial charge in [0.2, 0.25) is 0 Å². The first-order chi connectivity index (χ1) is 9.17. The summed E-state index contributed by atoms with van der Waals surface area (Å²) in [5.74, 6) is 0.764. The molecule has 0 aliphatic carbocycles. The largest absolute Gasteiger partial charge is 0.494 e. The normalized spacial score (nSPS) is 10.7. The van der Waals surface area contributed by atoms with Gasteiger partial charge in [-0.15, -0.1) is 0 Å². The molecule has 1 heterocycles. The zero-order valence-corrected chi connectivity index (χ0v) is 11.5. The van der Waals surface area contributed by atoms with E-state index in [2.05, 4.69) is 18.9 Å². The SMILES string of the molecule is CCOc1ccc(C=O)c(-c2ccnn2C(C)C)c1. The molecule has 0 radical (unpaired) electrons. The van der Waals surface area contributed by atoms with Crippen LogP contribution in [-0.4, -0.2) is 22.7 Å². The van der Waals surface area contributed by atoms with Crippen LogP contribution in [0.15, 0.2) is 30.5 Å². The van der Waals surface area contributed by atoms with E-state index in [9.17, 15) is 4.79 Å². The molecule has 0 aliphatic heterocycles. The third-order valence-corrected chi connectivity index (χ3v) is 2.90. The molecule has 0 amide bonds. The van der Waals surface area contributed by atoms with E-state index < -0.39 is 0 Å². The molecule has 0 spiro atoms. The van der Waals surface area contributed by atoms with E-state index >= 15 is 0 Å². The topological polar surface area (TPSA) is 44.1 Å². The minimum atomic E-state index is 0.236. The summed E-state index contributed by atoms with van der Waals surface area (Å²) >= 11 is 0. The summed E-state index contributed by atoms with van der Waals surface area (Å²) < 4.78 is 7.40. The fourth-order valence-corrected chi connectivity index (χ4v) is 2.06. The molecule has 2 rings (SSSR count). The van der Waals surface area contributed by atoms with Crippen molar-refractivity contribution in [2.75, 3.05) is 6.61 Å². The summed E-state index contributed by atoms with van der Waals surface area (Å²) in [4.78, 5) is 11.2. The Bertz CT molecular complexity index is 573. The second kappa shape index (κ2) is 5.69. The van der Waals surface area contributed by atoms with Crippen molar-refractivity contribution in [2.24, 2.45) is 0 Å². The lowest BCUT2D eigenvalue weighted by Gasteiger charge is -2.13. The van der Waals surface area contributed by atoms with Gasteiger partial charge in [-0.05, 0) is 45.0 Å². The molecule has 1 aromatic carbocycles. The predicted octanol–water partition coefficient (Wildman–Crippen LogP) is 3.34. The zero-order valence-electron chi connectivity index (χ0n) is 11.5. The number of hydrogen-bond acceptors (Lipinski definition) is 3. The second-order valence-electron chi connectivity index (χ2n) is 4.55. The van der Waals surface area contributed by atoms with Crippen molar-refractivity contribution in [3.05, 3.63) is 36.0 Å². The Morgan fingerprint density at radius 2 is 2.16 bits per heavy atom. The van der Waals surface area contributed by atoms with E-state index in [-0.39, 0.29) is 6.04 Å². The molecule has 0 aliphatic rings. The second-order valence-corrected chi connectivity index (χ2v) is 4.55. The van der Waals surface area contributed by atoms with E-state index in [1.807, 2.05) is 29.8 Å². The number of hydrogen-bond donors (Lipinski definition) is 0. The zero-order chi connectivity index (χ0) is 13.8. The molecule has 19 heavy (non-hydrogen) atoms. The molecule has 0 unspecified atom stereocenters. The Kier molecular flexibility index (Phi) is 4.00.